The van der Waals surface area contributed by atoms with E-state index in [9.17, 15) is 9.18 Å². The summed E-state index contributed by atoms with van der Waals surface area (Å²) >= 11 is 0. The van der Waals surface area contributed by atoms with E-state index in [1.54, 1.807) is 24.5 Å². The van der Waals surface area contributed by atoms with Gasteiger partial charge in [0.25, 0.3) is 0 Å². The van der Waals surface area contributed by atoms with Gasteiger partial charge >= 0.3 is 0 Å². The van der Waals surface area contributed by atoms with Crippen molar-refractivity contribution in [2.45, 2.75) is 19.3 Å². The first kappa shape index (κ1) is 13.2. The van der Waals surface area contributed by atoms with Gasteiger partial charge in [-0.3, -0.25) is 9.78 Å². The maximum Gasteiger partial charge on any atom is 0.211 e. The predicted molar refractivity (Wildman–Crippen MR) is 72.5 cm³/mol. The Kier molecular flexibility index (Phi) is 3.60. The van der Waals surface area contributed by atoms with Crippen LogP contribution in [0.1, 0.15) is 25.0 Å². The highest BCUT2D eigenvalue weighted by molar-refractivity contribution is 5.72. The number of pyridine rings is 1. The van der Waals surface area contributed by atoms with Crippen LogP contribution >= 0.6 is 0 Å². The van der Waals surface area contributed by atoms with Crippen molar-refractivity contribution in [3.8, 4) is 0 Å². The lowest BCUT2D eigenvalue weighted by molar-refractivity contribution is -0.105. The van der Waals surface area contributed by atoms with E-state index in [1.165, 1.54) is 6.07 Å². The van der Waals surface area contributed by atoms with Crippen LogP contribution in [0.3, 0.4) is 0 Å². The lowest BCUT2D eigenvalue weighted by atomic mass is 9.78. The van der Waals surface area contributed by atoms with Crippen LogP contribution in [-0.4, -0.2) is 11.4 Å². The lowest BCUT2D eigenvalue weighted by Gasteiger charge is -2.26. The average Bonchev–Trinajstić information content (AvgIpc) is 2.42. The number of rotatable bonds is 4. The molecule has 0 saturated carbocycles. The number of amides is 1. The van der Waals surface area contributed by atoms with Crippen LogP contribution in [0.5, 0.6) is 0 Å². The normalized spacial score (nSPS) is 11.1. The molecule has 1 heterocycles. The molecular formula is C15H15FN2O. The Morgan fingerprint density at radius 2 is 1.84 bits per heavy atom. The molecule has 0 aliphatic rings. The Morgan fingerprint density at radius 1 is 1.16 bits per heavy atom. The summed E-state index contributed by atoms with van der Waals surface area (Å²) in [4.78, 5) is 14.5. The predicted octanol–water partition coefficient (Wildman–Crippen LogP) is 3.11. The van der Waals surface area contributed by atoms with Gasteiger partial charge in [0, 0.05) is 17.8 Å². The topological polar surface area (TPSA) is 42.0 Å². The van der Waals surface area contributed by atoms with Crippen molar-refractivity contribution in [2.24, 2.45) is 0 Å². The Balaban J connectivity index is 2.46. The zero-order chi connectivity index (χ0) is 13.9. The molecule has 1 aromatic carbocycles. The molecule has 19 heavy (non-hydrogen) atoms. The van der Waals surface area contributed by atoms with Crippen molar-refractivity contribution in [1.82, 2.24) is 4.98 Å². The summed E-state index contributed by atoms with van der Waals surface area (Å²) in [5, 5.41) is 2.37. The summed E-state index contributed by atoms with van der Waals surface area (Å²) in [7, 11) is 0. The van der Waals surface area contributed by atoms with Gasteiger partial charge < -0.3 is 5.32 Å². The summed E-state index contributed by atoms with van der Waals surface area (Å²) in [5.74, 6) is -0.443. The zero-order valence-corrected chi connectivity index (χ0v) is 10.9. The van der Waals surface area contributed by atoms with E-state index < -0.39 is 5.82 Å². The van der Waals surface area contributed by atoms with Gasteiger partial charge in [0.2, 0.25) is 6.41 Å². The van der Waals surface area contributed by atoms with Crippen LogP contribution in [0.2, 0.25) is 0 Å². The smallest absolute Gasteiger partial charge is 0.211 e. The molecule has 4 heteroatoms. The molecule has 0 unspecified atom stereocenters. The fourth-order valence-electron chi connectivity index (χ4n) is 2.02. The van der Waals surface area contributed by atoms with E-state index in [0.29, 0.717) is 6.41 Å². The van der Waals surface area contributed by atoms with Gasteiger partial charge in [0.05, 0.1) is 5.69 Å². The van der Waals surface area contributed by atoms with Gasteiger partial charge in [-0.05, 0) is 35.4 Å². The number of halogens is 1. The molecule has 0 fully saturated rings. The standard InChI is InChI=1S/C15H15FN2O/c1-15(2,11-5-7-17-8-6-11)12-3-4-13(16)14(9-12)18-10-19/h3-10H,1-2H3,(H,18,19). The summed E-state index contributed by atoms with van der Waals surface area (Å²) in [6.07, 6.45) is 3.93. The summed E-state index contributed by atoms with van der Waals surface area (Å²) in [6, 6.07) is 8.60. The van der Waals surface area contributed by atoms with Crippen molar-refractivity contribution in [3.63, 3.8) is 0 Å². The second-order valence-corrected chi connectivity index (χ2v) is 4.82. The first-order valence-electron chi connectivity index (χ1n) is 5.96. The number of nitrogens with one attached hydrogen (secondary N) is 1. The number of carbonyl (C=O) groups is 1. The minimum absolute atomic E-state index is 0.189. The molecule has 2 rings (SSSR count). The molecule has 0 spiro atoms. The minimum Gasteiger partial charge on any atom is -0.326 e. The van der Waals surface area contributed by atoms with Crippen LogP contribution in [-0.2, 0) is 10.2 Å². The first-order chi connectivity index (χ1) is 9.05. The molecule has 0 bridgehead atoms. The summed E-state index contributed by atoms with van der Waals surface area (Å²) in [5.41, 5.74) is 1.89. The third-order valence-corrected chi connectivity index (χ3v) is 3.30. The van der Waals surface area contributed by atoms with E-state index in [4.69, 9.17) is 0 Å². The third-order valence-electron chi connectivity index (χ3n) is 3.30. The van der Waals surface area contributed by atoms with E-state index >= 15 is 0 Å². The Hall–Kier alpha value is -2.23. The maximum absolute atomic E-state index is 13.5. The van der Waals surface area contributed by atoms with Crippen molar-refractivity contribution in [1.29, 1.82) is 0 Å². The number of benzene rings is 1. The van der Waals surface area contributed by atoms with Gasteiger partial charge in [-0.25, -0.2) is 4.39 Å². The van der Waals surface area contributed by atoms with Crippen LogP contribution in [0.15, 0.2) is 42.7 Å². The van der Waals surface area contributed by atoms with Gasteiger partial charge in [0.15, 0.2) is 0 Å². The van der Waals surface area contributed by atoms with E-state index in [-0.39, 0.29) is 11.1 Å². The van der Waals surface area contributed by atoms with Gasteiger partial charge in [0.1, 0.15) is 5.82 Å². The highest BCUT2D eigenvalue weighted by Gasteiger charge is 2.23. The molecular weight excluding hydrogens is 243 g/mol. The quantitative estimate of drug-likeness (QED) is 0.856. The van der Waals surface area contributed by atoms with E-state index in [2.05, 4.69) is 10.3 Å². The molecule has 0 radical (unpaired) electrons. The number of anilines is 1. The number of carbonyl (C=O) groups excluding carboxylic acids is 1. The largest absolute Gasteiger partial charge is 0.326 e. The maximum atomic E-state index is 13.5. The van der Waals surface area contributed by atoms with Crippen LogP contribution in [0.4, 0.5) is 10.1 Å². The second kappa shape index (κ2) is 5.18. The molecule has 0 atom stereocenters. The highest BCUT2D eigenvalue weighted by Crippen LogP contribution is 2.33. The van der Waals surface area contributed by atoms with Gasteiger partial charge in [-0.15, -0.1) is 0 Å². The molecule has 1 N–H and O–H groups in total. The van der Waals surface area contributed by atoms with Crippen molar-refractivity contribution in [3.05, 3.63) is 59.7 Å². The molecule has 0 aliphatic carbocycles. The number of aromatic nitrogens is 1. The lowest BCUT2D eigenvalue weighted by Crippen LogP contribution is -2.19. The highest BCUT2D eigenvalue weighted by atomic mass is 19.1. The Labute approximate surface area is 111 Å². The molecule has 1 amide bonds. The molecule has 3 nitrogen and oxygen atoms in total. The van der Waals surface area contributed by atoms with Crippen molar-refractivity contribution in [2.75, 3.05) is 5.32 Å². The van der Waals surface area contributed by atoms with Crippen LogP contribution in [0, 0.1) is 5.82 Å². The van der Waals surface area contributed by atoms with Crippen molar-refractivity contribution >= 4 is 12.1 Å². The number of nitrogens with zero attached hydrogens (tertiary/aromatic N) is 1. The first-order valence-corrected chi connectivity index (χ1v) is 5.96. The molecule has 98 valence electrons. The van der Waals surface area contributed by atoms with Crippen molar-refractivity contribution < 1.29 is 9.18 Å². The average molecular weight is 258 g/mol. The Morgan fingerprint density at radius 3 is 2.47 bits per heavy atom. The SMILES string of the molecule is CC(C)(c1ccncc1)c1ccc(F)c(NC=O)c1. The minimum atomic E-state index is -0.443. The summed E-state index contributed by atoms with van der Waals surface area (Å²) < 4.78 is 13.5. The van der Waals surface area contributed by atoms with Crippen LogP contribution < -0.4 is 5.32 Å². The fraction of sp³-hybridized carbons (Fsp3) is 0.200. The third kappa shape index (κ3) is 2.62. The molecule has 2 aromatic rings. The monoisotopic (exact) mass is 258 g/mol. The Bertz CT molecular complexity index is 582. The number of hydrogen-bond donors (Lipinski definition) is 1. The van der Waals surface area contributed by atoms with Gasteiger partial charge in [-0.2, -0.15) is 0 Å². The summed E-state index contributed by atoms with van der Waals surface area (Å²) in [6.45, 7) is 4.08. The molecule has 0 aliphatic heterocycles. The van der Waals surface area contributed by atoms with E-state index in [1.807, 2.05) is 26.0 Å². The second-order valence-electron chi connectivity index (χ2n) is 4.82. The molecule has 1 aromatic heterocycles. The molecule has 0 saturated heterocycles. The number of hydrogen-bond acceptors (Lipinski definition) is 2. The van der Waals surface area contributed by atoms with E-state index in [0.717, 1.165) is 11.1 Å². The van der Waals surface area contributed by atoms with Crippen LogP contribution in [0.25, 0.3) is 0 Å². The zero-order valence-electron chi connectivity index (χ0n) is 10.9. The van der Waals surface area contributed by atoms with Gasteiger partial charge in [-0.1, -0.05) is 19.9 Å². The fourth-order valence-corrected chi connectivity index (χ4v) is 2.02.